The second-order valence-corrected chi connectivity index (χ2v) is 5.21. The molecule has 2 aromatic carbocycles. The first kappa shape index (κ1) is 15.6. The molecule has 1 aromatic heterocycles. The van der Waals surface area contributed by atoms with Gasteiger partial charge >= 0.3 is 0 Å². The summed E-state index contributed by atoms with van der Waals surface area (Å²) in [6.45, 7) is 0.412. The van der Waals surface area contributed by atoms with Gasteiger partial charge in [-0.2, -0.15) is 5.26 Å². The van der Waals surface area contributed by atoms with Crippen LogP contribution in [0.4, 0.5) is 0 Å². The molecule has 118 valence electrons. The standard InChI is InChI=1S/C20H16N2O2/c1-23-19-9-18(12-22-13-19)16-7-8-17(11-21)20(10-16)24-14-15-5-3-2-4-6-15/h2-10,12-13H,14H2,1H3. The average molecular weight is 316 g/mol. The second kappa shape index (κ2) is 7.30. The molecule has 24 heavy (non-hydrogen) atoms. The highest BCUT2D eigenvalue weighted by Gasteiger charge is 2.08. The molecule has 4 nitrogen and oxygen atoms in total. The maximum absolute atomic E-state index is 9.30. The lowest BCUT2D eigenvalue weighted by molar-refractivity contribution is 0.305. The van der Waals surface area contributed by atoms with Crippen LogP contribution in [-0.2, 0) is 6.61 Å². The minimum atomic E-state index is 0.412. The number of hydrogen-bond donors (Lipinski definition) is 0. The van der Waals surface area contributed by atoms with Gasteiger partial charge in [-0.1, -0.05) is 36.4 Å². The maximum Gasteiger partial charge on any atom is 0.138 e. The van der Waals surface area contributed by atoms with E-state index in [1.807, 2.05) is 48.5 Å². The highest BCUT2D eigenvalue weighted by atomic mass is 16.5. The number of methoxy groups -OCH3 is 1. The van der Waals surface area contributed by atoms with Gasteiger partial charge < -0.3 is 9.47 Å². The zero-order valence-corrected chi connectivity index (χ0v) is 13.3. The highest BCUT2D eigenvalue weighted by molar-refractivity contribution is 5.67. The molecule has 0 amide bonds. The van der Waals surface area contributed by atoms with Gasteiger partial charge in [0, 0.05) is 11.8 Å². The van der Waals surface area contributed by atoms with Crippen LogP contribution in [0.25, 0.3) is 11.1 Å². The summed E-state index contributed by atoms with van der Waals surface area (Å²) in [7, 11) is 1.61. The van der Waals surface area contributed by atoms with Crippen molar-refractivity contribution in [2.24, 2.45) is 0 Å². The fraction of sp³-hybridized carbons (Fsp3) is 0.100. The fourth-order valence-electron chi connectivity index (χ4n) is 2.34. The van der Waals surface area contributed by atoms with Crippen molar-refractivity contribution in [3.05, 3.63) is 78.1 Å². The van der Waals surface area contributed by atoms with E-state index in [9.17, 15) is 5.26 Å². The minimum absolute atomic E-state index is 0.412. The Bertz CT molecular complexity index is 870. The van der Waals surface area contributed by atoms with Crippen molar-refractivity contribution in [3.8, 4) is 28.7 Å². The summed E-state index contributed by atoms with van der Waals surface area (Å²) in [5.74, 6) is 1.24. The largest absolute Gasteiger partial charge is 0.495 e. The second-order valence-electron chi connectivity index (χ2n) is 5.21. The van der Waals surface area contributed by atoms with E-state index in [-0.39, 0.29) is 0 Å². The molecule has 0 radical (unpaired) electrons. The van der Waals surface area contributed by atoms with Gasteiger partial charge in [0.15, 0.2) is 0 Å². The van der Waals surface area contributed by atoms with E-state index in [2.05, 4.69) is 11.1 Å². The Labute approximate surface area is 140 Å². The van der Waals surface area contributed by atoms with Gasteiger partial charge in [0.25, 0.3) is 0 Å². The van der Waals surface area contributed by atoms with Gasteiger partial charge in [0.05, 0.1) is 18.9 Å². The summed E-state index contributed by atoms with van der Waals surface area (Å²) >= 11 is 0. The summed E-state index contributed by atoms with van der Waals surface area (Å²) in [6.07, 6.45) is 3.41. The Morgan fingerprint density at radius 3 is 2.58 bits per heavy atom. The Kier molecular flexibility index (Phi) is 4.73. The van der Waals surface area contributed by atoms with Gasteiger partial charge in [-0.15, -0.1) is 0 Å². The zero-order valence-electron chi connectivity index (χ0n) is 13.3. The normalized spacial score (nSPS) is 10.0. The first-order valence-corrected chi connectivity index (χ1v) is 7.50. The summed E-state index contributed by atoms with van der Waals surface area (Å²) < 4.78 is 11.1. The van der Waals surface area contributed by atoms with Gasteiger partial charge in [-0.25, -0.2) is 0 Å². The van der Waals surface area contributed by atoms with Crippen LogP contribution in [0.2, 0.25) is 0 Å². The molecule has 0 spiro atoms. The molecule has 3 aromatic rings. The van der Waals surface area contributed by atoms with Crippen LogP contribution in [-0.4, -0.2) is 12.1 Å². The summed E-state index contributed by atoms with van der Waals surface area (Å²) in [5, 5.41) is 9.30. The summed E-state index contributed by atoms with van der Waals surface area (Å²) in [5.41, 5.74) is 3.38. The van der Waals surface area contributed by atoms with Crippen LogP contribution >= 0.6 is 0 Å². The predicted octanol–water partition coefficient (Wildman–Crippen LogP) is 4.21. The van der Waals surface area contributed by atoms with Crippen LogP contribution in [0.1, 0.15) is 11.1 Å². The Morgan fingerprint density at radius 1 is 1.00 bits per heavy atom. The molecule has 0 saturated carbocycles. The molecule has 0 atom stereocenters. The maximum atomic E-state index is 9.30. The number of aromatic nitrogens is 1. The first-order valence-electron chi connectivity index (χ1n) is 7.50. The molecular weight excluding hydrogens is 300 g/mol. The number of rotatable bonds is 5. The quantitative estimate of drug-likeness (QED) is 0.707. The van der Waals surface area contributed by atoms with Gasteiger partial charge in [0.1, 0.15) is 24.2 Å². The molecule has 4 heteroatoms. The third kappa shape index (κ3) is 3.53. The van der Waals surface area contributed by atoms with Crippen LogP contribution in [0.5, 0.6) is 11.5 Å². The van der Waals surface area contributed by atoms with E-state index in [1.54, 1.807) is 25.6 Å². The van der Waals surface area contributed by atoms with E-state index in [4.69, 9.17) is 9.47 Å². The zero-order chi connectivity index (χ0) is 16.8. The number of hydrogen-bond acceptors (Lipinski definition) is 4. The first-order chi connectivity index (χ1) is 11.8. The number of benzene rings is 2. The van der Waals surface area contributed by atoms with Crippen LogP contribution in [0.15, 0.2) is 67.0 Å². The van der Waals surface area contributed by atoms with E-state index in [0.717, 1.165) is 16.7 Å². The highest BCUT2D eigenvalue weighted by Crippen LogP contribution is 2.29. The van der Waals surface area contributed by atoms with Crippen molar-refractivity contribution < 1.29 is 9.47 Å². The lowest BCUT2D eigenvalue weighted by Crippen LogP contribution is -1.97. The van der Waals surface area contributed by atoms with Gasteiger partial charge in [-0.05, 0) is 29.3 Å². The van der Waals surface area contributed by atoms with E-state index in [0.29, 0.717) is 23.7 Å². The molecule has 1 heterocycles. The van der Waals surface area contributed by atoms with Crippen molar-refractivity contribution in [1.82, 2.24) is 4.98 Å². The van der Waals surface area contributed by atoms with E-state index < -0.39 is 0 Å². The molecule has 0 aliphatic carbocycles. The number of ether oxygens (including phenoxy) is 2. The molecule has 0 aliphatic heterocycles. The van der Waals surface area contributed by atoms with E-state index >= 15 is 0 Å². The van der Waals surface area contributed by atoms with Crippen LogP contribution in [0, 0.1) is 11.3 Å². The molecule has 0 unspecified atom stereocenters. The number of nitrogens with zero attached hydrogens (tertiary/aromatic N) is 2. The van der Waals surface area contributed by atoms with Crippen molar-refractivity contribution in [3.63, 3.8) is 0 Å². The Balaban J connectivity index is 1.89. The van der Waals surface area contributed by atoms with Gasteiger partial charge in [0.2, 0.25) is 0 Å². The van der Waals surface area contributed by atoms with E-state index in [1.165, 1.54) is 0 Å². The molecule has 0 saturated heterocycles. The molecule has 0 N–H and O–H groups in total. The fourth-order valence-corrected chi connectivity index (χ4v) is 2.34. The van der Waals surface area contributed by atoms with Crippen molar-refractivity contribution in [2.75, 3.05) is 7.11 Å². The molecule has 3 rings (SSSR count). The molecular formula is C20H16N2O2. The van der Waals surface area contributed by atoms with Crippen LogP contribution in [0.3, 0.4) is 0 Å². The lowest BCUT2D eigenvalue weighted by atomic mass is 10.0. The third-order valence-electron chi connectivity index (χ3n) is 3.62. The van der Waals surface area contributed by atoms with Crippen molar-refractivity contribution >= 4 is 0 Å². The minimum Gasteiger partial charge on any atom is -0.495 e. The summed E-state index contributed by atoms with van der Waals surface area (Å²) in [4.78, 5) is 4.17. The molecule has 0 aliphatic rings. The van der Waals surface area contributed by atoms with Crippen molar-refractivity contribution in [2.45, 2.75) is 6.61 Å². The van der Waals surface area contributed by atoms with Gasteiger partial charge in [-0.3, -0.25) is 4.98 Å². The topological polar surface area (TPSA) is 55.1 Å². The number of pyridine rings is 1. The number of nitriles is 1. The van der Waals surface area contributed by atoms with Crippen LogP contribution < -0.4 is 9.47 Å². The lowest BCUT2D eigenvalue weighted by Gasteiger charge is -2.10. The van der Waals surface area contributed by atoms with Crippen molar-refractivity contribution in [1.29, 1.82) is 5.26 Å². The smallest absolute Gasteiger partial charge is 0.138 e. The Morgan fingerprint density at radius 2 is 1.83 bits per heavy atom. The SMILES string of the molecule is COc1cncc(-c2ccc(C#N)c(OCc3ccccc3)c2)c1. The summed E-state index contributed by atoms with van der Waals surface area (Å²) in [6, 6.07) is 19.4. The molecule has 0 fully saturated rings. The molecule has 0 bridgehead atoms. The predicted molar refractivity (Wildman–Crippen MR) is 91.7 cm³/mol. The Hall–Kier alpha value is -3.32. The monoisotopic (exact) mass is 316 g/mol. The average Bonchev–Trinajstić information content (AvgIpc) is 2.67. The third-order valence-corrected chi connectivity index (χ3v) is 3.62.